The molecule has 1 aliphatic rings. The van der Waals surface area contributed by atoms with E-state index in [0.717, 1.165) is 30.6 Å². The van der Waals surface area contributed by atoms with Gasteiger partial charge >= 0.3 is 11.9 Å². The molecule has 2 heterocycles. The first-order chi connectivity index (χ1) is 13.9. The zero-order valence-corrected chi connectivity index (χ0v) is 16.9. The van der Waals surface area contributed by atoms with Crippen LogP contribution in [0.5, 0.6) is 0 Å². The summed E-state index contributed by atoms with van der Waals surface area (Å²) in [6, 6.07) is 3.39. The number of ether oxygens (including phenoxy) is 2. The highest BCUT2D eigenvalue weighted by Gasteiger charge is 2.39. The lowest BCUT2D eigenvalue weighted by Gasteiger charge is -2.29. The molecule has 0 aliphatic heterocycles. The Morgan fingerprint density at radius 1 is 1.24 bits per heavy atom. The molecule has 156 valence electrons. The maximum atomic E-state index is 12.4. The van der Waals surface area contributed by atoms with Gasteiger partial charge in [0.05, 0.1) is 12.9 Å². The lowest BCUT2D eigenvalue weighted by Crippen LogP contribution is -2.42. The maximum Gasteiger partial charge on any atom is 0.341 e. The molecule has 1 fully saturated rings. The fourth-order valence-corrected chi connectivity index (χ4v) is 4.19. The van der Waals surface area contributed by atoms with Gasteiger partial charge in [-0.2, -0.15) is 0 Å². The van der Waals surface area contributed by atoms with Crippen LogP contribution in [0.4, 0.5) is 5.00 Å². The number of hydrogen-bond donors (Lipinski definition) is 2. The molecule has 1 saturated carbocycles. The minimum Gasteiger partial charge on any atom is -0.464 e. The summed E-state index contributed by atoms with van der Waals surface area (Å²) in [5.74, 6) is -1.53. The van der Waals surface area contributed by atoms with Crippen molar-refractivity contribution in [3.05, 3.63) is 29.3 Å². The molecule has 0 aromatic carbocycles. The van der Waals surface area contributed by atoms with Crippen LogP contribution in [0.3, 0.4) is 0 Å². The van der Waals surface area contributed by atoms with Crippen LogP contribution in [0.25, 0.3) is 11.3 Å². The van der Waals surface area contributed by atoms with Crippen molar-refractivity contribution >= 4 is 34.2 Å². The van der Waals surface area contributed by atoms with Gasteiger partial charge in [-0.3, -0.25) is 4.79 Å². The standard InChI is InChI=1S/C20H23NO7S/c1-2-26-18(23)16-13(14-7-6-10-27-14)12-29-17(16)21-15(22)11-28-19(24)20(25)8-4-3-5-9-20/h6-7,10,12,25H,2-5,8-9,11H2,1H3,(H,21,22). The highest BCUT2D eigenvalue weighted by molar-refractivity contribution is 7.15. The van der Waals surface area contributed by atoms with E-state index in [4.69, 9.17) is 13.9 Å². The van der Waals surface area contributed by atoms with Crippen LogP contribution in [-0.4, -0.2) is 41.8 Å². The first-order valence-electron chi connectivity index (χ1n) is 9.46. The molecule has 0 atom stereocenters. The predicted molar refractivity (Wildman–Crippen MR) is 106 cm³/mol. The van der Waals surface area contributed by atoms with Crippen molar-refractivity contribution < 1.29 is 33.4 Å². The molecule has 0 spiro atoms. The van der Waals surface area contributed by atoms with Crippen LogP contribution >= 0.6 is 11.3 Å². The number of rotatable bonds is 7. The number of aliphatic hydroxyl groups is 1. The Morgan fingerprint density at radius 3 is 2.66 bits per heavy atom. The number of amides is 1. The van der Waals surface area contributed by atoms with E-state index in [1.807, 2.05) is 0 Å². The van der Waals surface area contributed by atoms with Crippen molar-refractivity contribution in [2.75, 3.05) is 18.5 Å². The monoisotopic (exact) mass is 421 g/mol. The summed E-state index contributed by atoms with van der Waals surface area (Å²) in [6.45, 7) is 1.30. The van der Waals surface area contributed by atoms with Gasteiger partial charge in [0.2, 0.25) is 0 Å². The van der Waals surface area contributed by atoms with Gasteiger partial charge in [0.1, 0.15) is 16.3 Å². The van der Waals surface area contributed by atoms with Crippen LogP contribution in [-0.2, 0) is 19.1 Å². The van der Waals surface area contributed by atoms with Crippen LogP contribution < -0.4 is 5.32 Å². The number of carbonyl (C=O) groups excluding carboxylic acids is 3. The summed E-state index contributed by atoms with van der Waals surface area (Å²) in [5.41, 5.74) is -0.844. The number of carbonyl (C=O) groups is 3. The molecule has 0 bridgehead atoms. The van der Waals surface area contributed by atoms with Crippen molar-refractivity contribution in [2.24, 2.45) is 0 Å². The van der Waals surface area contributed by atoms with E-state index in [2.05, 4.69) is 5.32 Å². The summed E-state index contributed by atoms with van der Waals surface area (Å²) in [7, 11) is 0. The van der Waals surface area contributed by atoms with Gasteiger partial charge in [0, 0.05) is 10.9 Å². The molecule has 2 aromatic heterocycles. The highest BCUT2D eigenvalue weighted by Crippen LogP contribution is 2.36. The van der Waals surface area contributed by atoms with Gasteiger partial charge in [-0.05, 0) is 44.7 Å². The smallest absolute Gasteiger partial charge is 0.341 e. The number of esters is 2. The lowest BCUT2D eigenvalue weighted by atomic mass is 9.85. The third-order valence-corrected chi connectivity index (χ3v) is 5.60. The zero-order valence-electron chi connectivity index (χ0n) is 16.1. The van der Waals surface area contributed by atoms with E-state index in [-0.39, 0.29) is 17.2 Å². The van der Waals surface area contributed by atoms with Gasteiger partial charge in [-0.1, -0.05) is 6.42 Å². The minimum atomic E-state index is -1.52. The molecule has 0 unspecified atom stereocenters. The first-order valence-corrected chi connectivity index (χ1v) is 10.3. The van der Waals surface area contributed by atoms with Crippen LogP contribution in [0.15, 0.2) is 28.2 Å². The Morgan fingerprint density at radius 2 is 2.00 bits per heavy atom. The molecule has 29 heavy (non-hydrogen) atoms. The number of thiophene rings is 1. The molecule has 2 aromatic rings. The van der Waals surface area contributed by atoms with Crippen molar-refractivity contribution in [3.63, 3.8) is 0 Å². The van der Waals surface area contributed by atoms with Crippen LogP contribution in [0.2, 0.25) is 0 Å². The second-order valence-electron chi connectivity index (χ2n) is 6.77. The maximum absolute atomic E-state index is 12.4. The van der Waals surface area contributed by atoms with Gasteiger partial charge in [0.25, 0.3) is 5.91 Å². The molecule has 8 nitrogen and oxygen atoms in total. The minimum absolute atomic E-state index is 0.176. The Labute approximate surface area is 171 Å². The second kappa shape index (κ2) is 9.23. The van der Waals surface area contributed by atoms with Crippen LogP contribution in [0.1, 0.15) is 49.4 Å². The van der Waals surface area contributed by atoms with E-state index in [0.29, 0.717) is 24.2 Å². The first kappa shape index (κ1) is 21.1. The largest absolute Gasteiger partial charge is 0.464 e. The highest BCUT2D eigenvalue weighted by atomic mass is 32.1. The molecule has 0 radical (unpaired) electrons. The molecule has 0 saturated heterocycles. The number of nitrogens with one attached hydrogen (secondary N) is 1. The van der Waals surface area contributed by atoms with Gasteiger partial charge in [-0.25, -0.2) is 9.59 Å². The Bertz CT molecular complexity index is 866. The fourth-order valence-electron chi connectivity index (χ4n) is 3.24. The average molecular weight is 421 g/mol. The zero-order chi connectivity index (χ0) is 20.9. The summed E-state index contributed by atoms with van der Waals surface area (Å²) in [6.07, 6.45) is 4.59. The quantitative estimate of drug-likeness (QED) is 0.659. The molecule has 1 aliphatic carbocycles. The lowest BCUT2D eigenvalue weighted by molar-refractivity contribution is -0.170. The van der Waals surface area contributed by atoms with Crippen molar-refractivity contribution in [1.29, 1.82) is 0 Å². The molecule has 3 rings (SSSR count). The summed E-state index contributed by atoms with van der Waals surface area (Å²) < 4.78 is 15.5. The number of furan rings is 1. The molecule has 2 N–H and O–H groups in total. The van der Waals surface area contributed by atoms with Gasteiger partial charge in [0.15, 0.2) is 12.2 Å². The molecule has 1 amide bonds. The van der Waals surface area contributed by atoms with Gasteiger partial charge < -0.3 is 24.3 Å². The third kappa shape index (κ3) is 4.86. The normalized spacial score (nSPS) is 15.5. The fraction of sp³-hybridized carbons (Fsp3) is 0.450. The van der Waals surface area contributed by atoms with Crippen molar-refractivity contribution in [2.45, 2.75) is 44.6 Å². The Balaban J connectivity index is 1.68. The Hall–Kier alpha value is -2.65. The van der Waals surface area contributed by atoms with E-state index < -0.39 is 30.1 Å². The van der Waals surface area contributed by atoms with E-state index in [1.54, 1.807) is 24.4 Å². The van der Waals surface area contributed by atoms with Gasteiger partial charge in [-0.15, -0.1) is 11.3 Å². The number of hydrogen-bond acceptors (Lipinski definition) is 8. The molecule has 9 heteroatoms. The predicted octanol–water partition coefficient (Wildman–Crippen LogP) is 3.36. The second-order valence-corrected chi connectivity index (χ2v) is 7.65. The van der Waals surface area contributed by atoms with Crippen molar-refractivity contribution in [3.8, 4) is 11.3 Å². The van der Waals surface area contributed by atoms with Crippen LogP contribution in [0, 0.1) is 0 Å². The van der Waals surface area contributed by atoms with E-state index in [1.165, 1.54) is 6.26 Å². The van der Waals surface area contributed by atoms with E-state index >= 15 is 0 Å². The van der Waals surface area contributed by atoms with E-state index in [9.17, 15) is 19.5 Å². The molecular weight excluding hydrogens is 398 g/mol. The topological polar surface area (TPSA) is 115 Å². The third-order valence-electron chi connectivity index (χ3n) is 4.71. The summed E-state index contributed by atoms with van der Waals surface area (Å²) >= 11 is 1.14. The summed E-state index contributed by atoms with van der Waals surface area (Å²) in [4.78, 5) is 36.9. The Kier molecular flexibility index (Phi) is 6.71. The summed E-state index contributed by atoms with van der Waals surface area (Å²) in [5, 5.41) is 14.9. The van der Waals surface area contributed by atoms with Crippen molar-refractivity contribution in [1.82, 2.24) is 0 Å². The molecular formula is C20H23NO7S. The SMILES string of the molecule is CCOC(=O)c1c(-c2ccco2)csc1NC(=O)COC(=O)C1(O)CCCCC1. The average Bonchev–Trinajstić information content (AvgIpc) is 3.36. The number of anilines is 1.